The normalized spacial score (nSPS) is 21.5. The van der Waals surface area contributed by atoms with Crippen LogP contribution in [0, 0.1) is 12.3 Å². The van der Waals surface area contributed by atoms with E-state index >= 15 is 0 Å². The van der Waals surface area contributed by atoms with Crippen LogP contribution in [0.2, 0.25) is 0 Å². The van der Waals surface area contributed by atoms with Crippen LogP contribution in [-0.4, -0.2) is 55.2 Å². The monoisotopic (exact) mass is 275 g/mol. The lowest BCUT2D eigenvalue weighted by Crippen LogP contribution is -2.58. The lowest BCUT2D eigenvalue weighted by molar-refractivity contribution is -0.169. The second kappa shape index (κ2) is 5.05. The number of carbonyl (C=O) groups excluding carboxylic acids is 1. The fourth-order valence-electron chi connectivity index (χ4n) is 2.70. The Morgan fingerprint density at radius 3 is 2.45 bits per heavy atom. The zero-order valence-electron chi connectivity index (χ0n) is 12.1. The molecule has 0 unspecified atom stereocenters. The van der Waals surface area contributed by atoms with Crippen LogP contribution in [0.3, 0.4) is 0 Å². The van der Waals surface area contributed by atoms with Gasteiger partial charge in [0.25, 0.3) is 0 Å². The highest BCUT2D eigenvalue weighted by molar-refractivity contribution is 5.83. The Kier molecular flexibility index (Phi) is 3.38. The highest BCUT2D eigenvalue weighted by Gasteiger charge is 2.44. The van der Waals surface area contributed by atoms with Crippen molar-refractivity contribution >= 4 is 11.7 Å². The molecule has 2 aliphatic heterocycles. The highest BCUT2D eigenvalue weighted by atomic mass is 16.5. The zero-order valence-corrected chi connectivity index (χ0v) is 12.1. The molecule has 20 heavy (non-hydrogen) atoms. The minimum Gasteiger partial charge on any atom is -0.379 e. The van der Waals surface area contributed by atoms with Crippen LogP contribution in [-0.2, 0) is 9.53 Å². The number of rotatable bonds is 2. The average molecular weight is 275 g/mol. The van der Waals surface area contributed by atoms with Gasteiger partial charge in [-0.15, -0.1) is 0 Å². The van der Waals surface area contributed by atoms with Crippen molar-refractivity contribution in [2.24, 2.45) is 5.41 Å². The Morgan fingerprint density at radius 1 is 1.25 bits per heavy atom. The van der Waals surface area contributed by atoms with E-state index in [1.54, 1.807) is 0 Å². The number of anilines is 1. The predicted molar refractivity (Wildman–Crippen MR) is 76.7 cm³/mol. The van der Waals surface area contributed by atoms with Crippen molar-refractivity contribution in [1.82, 2.24) is 9.88 Å². The highest BCUT2D eigenvalue weighted by Crippen LogP contribution is 2.29. The third kappa shape index (κ3) is 2.38. The molecule has 5 heteroatoms. The van der Waals surface area contributed by atoms with Crippen molar-refractivity contribution in [3.8, 4) is 0 Å². The summed E-state index contributed by atoms with van der Waals surface area (Å²) in [7, 11) is 0. The van der Waals surface area contributed by atoms with Gasteiger partial charge in [-0.2, -0.15) is 0 Å². The lowest BCUT2D eigenvalue weighted by Gasteiger charge is -2.43. The smallest absolute Gasteiger partial charge is 0.233 e. The van der Waals surface area contributed by atoms with E-state index in [1.165, 1.54) is 5.56 Å². The van der Waals surface area contributed by atoms with Gasteiger partial charge >= 0.3 is 0 Å². The number of piperazine rings is 1. The standard InChI is InChI=1S/C15H21N3O2/c1-12-3-4-13(16-9-12)17-5-7-18(8-6-17)14(19)15(2)10-20-11-15/h3-4,9H,5-8,10-11H2,1-2H3. The number of pyridine rings is 1. The van der Waals surface area contributed by atoms with Gasteiger partial charge in [-0.05, 0) is 25.5 Å². The van der Waals surface area contributed by atoms with Gasteiger partial charge in [0, 0.05) is 32.4 Å². The first-order chi connectivity index (χ1) is 9.58. The van der Waals surface area contributed by atoms with E-state index in [0.29, 0.717) is 13.2 Å². The molecule has 0 aliphatic carbocycles. The van der Waals surface area contributed by atoms with E-state index < -0.39 is 0 Å². The number of hydrogen-bond donors (Lipinski definition) is 0. The molecule has 0 saturated carbocycles. The van der Waals surface area contributed by atoms with E-state index in [0.717, 1.165) is 32.0 Å². The fourth-order valence-corrected chi connectivity index (χ4v) is 2.70. The molecule has 0 bridgehead atoms. The molecular formula is C15H21N3O2. The van der Waals surface area contributed by atoms with Crippen molar-refractivity contribution in [2.75, 3.05) is 44.3 Å². The van der Waals surface area contributed by atoms with Crippen molar-refractivity contribution in [1.29, 1.82) is 0 Å². The third-order valence-corrected chi connectivity index (χ3v) is 4.14. The van der Waals surface area contributed by atoms with Crippen molar-refractivity contribution < 1.29 is 9.53 Å². The molecule has 2 saturated heterocycles. The lowest BCUT2D eigenvalue weighted by atomic mass is 9.86. The van der Waals surface area contributed by atoms with E-state index in [2.05, 4.69) is 16.0 Å². The summed E-state index contributed by atoms with van der Waals surface area (Å²) < 4.78 is 5.18. The maximum absolute atomic E-state index is 12.4. The van der Waals surface area contributed by atoms with Crippen molar-refractivity contribution in [3.63, 3.8) is 0 Å². The molecule has 3 heterocycles. The summed E-state index contributed by atoms with van der Waals surface area (Å²) in [6.45, 7) is 8.38. The summed E-state index contributed by atoms with van der Waals surface area (Å²) in [5.41, 5.74) is 0.880. The molecule has 108 valence electrons. The SMILES string of the molecule is Cc1ccc(N2CCN(C(=O)C3(C)COC3)CC2)nc1. The van der Waals surface area contributed by atoms with Crippen molar-refractivity contribution in [3.05, 3.63) is 23.9 Å². The number of nitrogens with zero attached hydrogens (tertiary/aromatic N) is 3. The molecular weight excluding hydrogens is 254 g/mol. The third-order valence-electron chi connectivity index (χ3n) is 4.14. The Morgan fingerprint density at radius 2 is 1.95 bits per heavy atom. The number of amides is 1. The van der Waals surface area contributed by atoms with Gasteiger partial charge in [-0.1, -0.05) is 6.07 Å². The van der Waals surface area contributed by atoms with Gasteiger partial charge < -0.3 is 14.5 Å². The van der Waals surface area contributed by atoms with E-state index in [-0.39, 0.29) is 11.3 Å². The van der Waals surface area contributed by atoms with Gasteiger partial charge in [-0.3, -0.25) is 4.79 Å². The first-order valence-corrected chi connectivity index (χ1v) is 7.13. The van der Waals surface area contributed by atoms with Crippen LogP contribution in [0.15, 0.2) is 18.3 Å². The molecule has 1 aromatic heterocycles. The minimum atomic E-state index is -0.287. The largest absolute Gasteiger partial charge is 0.379 e. The van der Waals surface area contributed by atoms with Crippen LogP contribution in [0.4, 0.5) is 5.82 Å². The number of aromatic nitrogens is 1. The molecule has 0 atom stereocenters. The van der Waals surface area contributed by atoms with Gasteiger partial charge in [0.05, 0.1) is 18.6 Å². The Hall–Kier alpha value is -1.62. The maximum atomic E-state index is 12.4. The molecule has 0 N–H and O–H groups in total. The van der Waals surface area contributed by atoms with Gasteiger partial charge in [0.2, 0.25) is 5.91 Å². The molecule has 0 aromatic carbocycles. The van der Waals surface area contributed by atoms with Crippen LogP contribution in [0.25, 0.3) is 0 Å². The van der Waals surface area contributed by atoms with E-state index in [4.69, 9.17) is 4.74 Å². The summed E-state index contributed by atoms with van der Waals surface area (Å²) in [5, 5.41) is 0. The Balaban J connectivity index is 1.59. The number of aryl methyl sites for hydroxylation is 1. The second-order valence-corrected chi connectivity index (χ2v) is 6.03. The van der Waals surface area contributed by atoms with Crippen LogP contribution in [0.1, 0.15) is 12.5 Å². The number of carbonyl (C=O) groups is 1. The molecule has 2 aliphatic rings. The topological polar surface area (TPSA) is 45.7 Å². The van der Waals surface area contributed by atoms with Crippen LogP contribution in [0.5, 0.6) is 0 Å². The first-order valence-electron chi connectivity index (χ1n) is 7.13. The van der Waals surface area contributed by atoms with Crippen LogP contribution < -0.4 is 4.90 Å². The second-order valence-electron chi connectivity index (χ2n) is 6.03. The molecule has 1 aromatic rings. The Labute approximate surface area is 119 Å². The summed E-state index contributed by atoms with van der Waals surface area (Å²) in [6.07, 6.45) is 1.89. The van der Waals surface area contributed by atoms with E-state index in [9.17, 15) is 4.79 Å². The zero-order chi connectivity index (χ0) is 14.2. The molecule has 1 amide bonds. The Bertz CT molecular complexity index is 488. The molecule has 5 nitrogen and oxygen atoms in total. The predicted octanol–water partition coefficient (Wildman–Crippen LogP) is 1.08. The first kappa shape index (κ1) is 13.4. The van der Waals surface area contributed by atoms with Gasteiger partial charge in [0.15, 0.2) is 0 Å². The maximum Gasteiger partial charge on any atom is 0.233 e. The quantitative estimate of drug-likeness (QED) is 0.810. The van der Waals surface area contributed by atoms with E-state index in [1.807, 2.05) is 31.0 Å². The summed E-state index contributed by atoms with van der Waals surface area (Å²) in [6, 6.07) is 4.13. The summed E-state index contributed by atoms with van der Waals surface area (Å²) in [4.78, 5) is 21.1. The summed E-state index contributed by atoms with van der Waals surface area (Å²) >= 11 is 0. The molecule has 3 rings (SSSR count). The molecule has 0 spiro atoms. The average Bonchev–Trinajstić information content (AvgIpc) is 2.45. The van der Waals surface area contributed by atoms with Gasteiger partial charge in [-0.25, -0.2) is 4.98 Å². The fraction of sp³-hybridized carbons (Fsp3) is 0.600. The molecule has 2 fully saturated rings. The number of ether oxygens (including phenoxy) is 1. The van der Waals surface area contributed by atoms with Gasteiger partial charge in [0.1, 0.15) is 5.82 Å². The van der Waals surface area contributed by atoms with Crippen LogP contribution >= 0.6 is 0 Å². The molecule has 0 radical (unpaired) electrons. The summed E-state index contributed by atoms with van der Waals surface area (Å²) in [5.74, 6) is 1.24. The minimum absolute atomic E-state index is 0.236. The number of hydrogen-bond acceptors (Lipinski definition) is 4. The van der Waals surface area contributed by atoms with Crippen molar-refractivity contribution in [2.45, 2.75) is 13.8 Å².